The van der Waals surface area contributed by atoms with E-state index in [9.17, 15) is 4.79 Å². The van der Waals surface area contributed by atoms with Gasteiger partial charge in [0.15, 0.2) is 6.10 Å². The van der Waals surface area contributed by atoms with E-state index in [1.165, 1.54) is 0 Å². The van der Waals surface area contributed by atoms with Crippen LogP contribution < -0.4 is 4.74 Å². The Kier molecular flexibility index (Phi) is 7.41. The third kappa shape index (κ3) is 5.68. The van der Waals surface area contributed by atoms with E-state index in [-0.39, 0.29) is 18.6 Å². The molecule has 2 aromatic carbocycles. The molecule has 1 atom stereocenters. The Morgan fingerprint density at radius 3 is 2.76 bits per heavy atom. The first-order chi connectivity index (χ1) is 14.2. The van der Waals surface area contributed by atoms with E-state index >= 15 is 0 Å². The van der Waals surface area contributed by atoms with Crippen molar-refractivity contribution in [2.24, 2.45) is 5.16 Å². The SMILES string of the molecule is C=CCN(C[C@@H]1CC(c2ccccc2OC)=NO1)C(=O)COCc1ccccc1. The van der Waals surface area contributed by atoms with E-state index in [0.29, 0.717) is 26.1 Å². The molecule has 0 N–H and O–H groups in total. The van der Waals surface area contributed by atoms with E-state index in [2.05, 4.69) is 11.7 Å². The van der Waals surface area contributed by atoms with Gasteiger partial charge in [-0.15, -0.1) is 6.58 Å². The minimum absolute atomic E-state index is 0.00960. The summed E-state index contributed by atoms with van der Waals surface area (Å²) in [5.74, 6) is 0.652. The highest BCUT2D eigenvalue weighted by Crippen LogP contribution is 2.24. The first-order valence-corrected chi connectivity index (χ1v) is 9.57. The molecule has 1 amide bonds. The second-order valence-corrected chi connectivity index (χ2v) is 6.74. The van der Waals surface area contributed by atoms with Gasteiger partial charge in [0.1, 0.15) is 12.4 Å². The van der Waals surface area contributed by atoms with Crippen LogP contribution in [0.15, 0.2) is 72.4 Å². The van der Waals surface area contributed by atoms with Crippen LogP contribution in [0, 0.1) is 0 Å². The number of methoxy groups -OCH3 is 1. The van der Waals surface area contributed by atoms with Crippen molar-refractivity contribution in [3.8, 4) is 5.75 Å². The lowest BCUT2D eigenvalue weighted by Gasteiger charge is -2.23. The predicted octanol–water partition coefficient (Wildman–Crippen LogP) is 3.42. The quantitative estimate of drug-likeness (QED) is 0.580. The van der Waals surface area contributed by atoms with Gasteiger partial charge in [-0.1, -0.05) is 53.7 Å². The van der Waals surface area contributed by atoms with Crippen molar-refractivity contribution >= 4 is 11.6 Å². The number of rotatable bonds is 10. The molecule has 0 radical (unpaired) electrons. The van der Waals surface area contributed by atoms with Gasteiger partial charge in [0.2, 0.25) is 5.91 Å². The Balaban J connectivity index is 1.52. The maximum atomic E-state index is 12.6. The monoisotopic (exact) mass is 394 g/mol. The molecule has 0 saturated heterocycles. The molecule has 1 aliphatic heterocycles. The molecule has 2 aromatic rings. The summed E-state index contributed by atoms with van der Waals surface area (Å²) < 4.78 is 11.0. The lowest BCUT2D eigenvalue weighted by molar-refractivity contribution is -0.137. The number of oxime groups is 1. The Morgan fingerprint density at radius 2 is 2.00 bits per heavy atom. The molecular formula is C23H26N2O4. The average molecular weight is 394 g/mol. The smallest absolute Gasteiger partial charge is 0.248 e. The molecule has 0 unspecified atom stereocenters. The van der Waals surface area contributed by atoms with Crippen LogP contribution in [-0.2, 0) is 21.0 Å². The maximum Gasteiger partial charge on any atom is 0.248 e. The molecule has 6 nitrogen and oxygen atoms in total. The molecule has 0 fully saturated rings. The highest BCUT2D eigenvalue weighted by atomic mass is 16.6. The van der Waals surface area contributed by atoms with Crippen molar-refractivity contribution in [2.45, 2.75) is 19.1 Å². The van der Waals surface area contributed by atoms with Crippen molar-refractivity contribution in [1.82, 2.24) is 4.90 Å². The fourth-order valence-electron chi connectivity index (χ4n) is 3.17. The Labute approximate surface area is 171 Å². The van der Waals surface area contributed by atoms with Crippen molar-refractivity contribution in [3.63, 3.8) is 0 Å². The zero-order valence-electron chi connectivity index (χ0n) is 16.6. The number of ether oxygens (including phenoxy) is 2. The molecule has 6 heteroatoms. The van der Waals surface area contributed by atoms with Gasteiger partial charge in [-0.25, -0.2) is 0 Å². The van der Waals surface area contributed by atoms with Gasteiger partial charge in [-0.05, 0) is 17.7 Å². The number of para-hydroxylation sites is 1. The average Bonchev–Trinajstić information content (AvgIpc) is 3.22. The third-order valence-electron chi connectivity index (χ3n) is 4.61. The van der Waals surface area contributed by atoms with Crippen LogP contribution in [-0.4, -0.2) is 49.4 Å². The molecule has 0 bridgehead atoms. The Morgan fingerprint density at radius 1 is 1.24 bits per heavy atom. The van der Waals surface area contributed by atoms with Crippen LogP contribution in [0.5, 0.6) is 5.75 Å². The first kappa shape index (κ1) is 20.6. The summed E-state index contributed by atoms with van der Waals surface area (Å²) in [6.45, 7) is 5.00. The number of hydrogen-bond donors (Lipinski definition) is 0. The molecule has 3 rings (SSSR count). The summed E-state index contributed by atoms with van der Waals surface area (Å²) in [4.78, 5) is 19.9. The number of carbonyl (C=O) groups excluding carboxylic acids is 1. The minimum atomic E-state index is -0.215. The van der Waals surface area contributed by atoms with Crippen molar-refractivity contribution < 1.29 is 19.1 Å². The second kappa shape index (κ2) is 10.4. The summed E-state index contributed by atoms with van der Waals surface area (Å²) in [5.41, 5.74) is 2.76. The standard InChI is InChI=1S/C23H26N2O4/c1-3-13-25(23(26)17-28-16-18-9-5-4-6-10-18)15-19-14-21(24-29-19)20-11-7-8-12-22(20)27-2/h3-12,19H,1,13-17H2,2H3/t19-/m0/s1. The fourth-order valence-corrected chi connectivity index (χ4v) is 3.17. The van der Waals surface area contributed by atoms with Crippen LogP contribution in [0.2, 0.25) is 0 Å². The number of nitrogens with zero attached hydrogens (tertiary/aromatic N) is 2. The van der Waals surface area contributed by atoms with Gasteiger partial charge in [-0.3, -0.25) is 4.79 Å². The number of hydrogen-bond acceptors (Lipinski definition) is 5. The first-order valence-electron chi connectivity index (χ1n) is 9.57. The summed E-state index contributed by atoms with van der Waals surface area (Å²) in [7, 11) is 1.63. The normalized spacial score (nSPS) is 15.3. The van der Waals surface area contributed by atoms with Crippen LogP contribution >= 0.6 is 0 Å². The van der Waals surface area contributed by atoms with E-state index in [0.717, 1.165) is 22.6 Å². The van der Waals surface area contributed by atoms with Crippen LogP contribution in [0.1, 0.15) is 17.5 Å². The van der Waals surface area contributed by atoms with E-state index in [1.54, 1.807) is 18.1 Å². The largest absolute Gasteiger partial charge is 0.496 e. The van der Waals surface area contributed by atoms with Gasteiger partial charge in [0, 0.05) is 18.5 Å². The zero-order valence-corrected chi connectivity index (χ0v) is 16.6. The van der Waals surface area contributed by atoms with E-state index in [1.807, 2.05) is 54.6 Å². The summed E-state index contributed by atoms with van der Waals surface area (Å²) >= 11 is 0. The highest BCUT2D eigenvalue weighted by Gasteiger charge is 2.27. The van der Waals surface area contributed by atoms with Crippen LogP contribution in [0.25, 0.3) is 0 Å². The maximum absolute atomic E-state index is 12.6. The molecule has 29 heavy (non-hydrogen) atoms. The predicted molar refractivity (Wildman–Crippen MR) is 112 cm³/mol. The van der Waals surface area contributed by atoms with E-state index < -0.39 is 0 Å². The van der Waals surface area contributed by atoms with Gasteiger partial charge in [-0.2, -0.15) is 0 Å². The summed E-state index contributed by atoms with van der Waals surface area (Å²) in [5, 5.41) is 4.21. The molecule has 0 aromatic heterocycles. The lowest BCUT2D eigenvalue weighted by atomic mass is 10.0. The van der Waals surface area contributed by atoms with Gasteiger partial charge < -0.3 is 19.2 Å². The molecule has 0 spiro atoms. The lowest BCUT2D eigenvalue weighted by Crippen LogP contribution is -2.39. The summed E-state index contributed by atoms with van der Waals surface area (Å²) in [6.07, 6.45) is 2.09. The fraction of sp³-hybridized carbons (Fsp3) is 0.304. The Hall–Kier alpha value is -3.12. The molecule has 0 aliphatic carbocycles. The molecule has 152 valence electrons. The number of amides is 1. The minimum Gasteiger partial charge on any atom is -0.496 e. The molecule has 0 saturated carbocycles. The zero-order chi connectivity index (χ0) is 20.5. The third-order valence-corrected chi connectivity index (χ3v) is 4.61. The van der Waals surface area contributed by atoms with E-state index in [4.69, 9.17) is 14.3 Å². The number of carbonyl (C=O) groups is 1. The van der Waals surface area contributed by atoms with Crippen molar-refractivity contribution in [3.05, 3.63) is 78.4 Å². The van der Waals surface area contributed by atoms with Gasteiger partial charge in [0.05, 0.1) is 26.0 Å². The number of benzene rings is 2. The second-order valence-electron chi connectivity index (χ2n) is 6.74. The molecular weight excluding hydrogens is 368 g/mol. The molecule has 1 aliphatic rings. The topological polar surface area (TPSA) is 60.4 Å². The van der Waals surface area contributed by atoms with Crippen molar-refractivity contribution in [1.29, 1.82) is 0 Å². The van der Waals surface area contributed by atoms with Crippen LogP contribution in [0.3, 0.4) is 0 Å². The molecule has 1 heterocycles. The highest BCUT2D eigenvalue weighted by molar-refractivity contribution is 6.03. The van der Waals surface area contributed by atoms with Crippen LogP contribution in [0.4, 0.5) is 0 Å². The Bertz CT molecular complexity index is 851. The van der Waals surface area contributed by atoms with Gasteiger partial charge in [0.25, 0.3) is 0 Å². The van der Waals surface area contributed by atoms with Crippen molar-refractivity contribution in [2.75, 3.05) is 26.8 Å². The van der Waals surface area contributed by atoms with Gasteiger partial charge >= 0.3 is 0 Å². The summed E-state index contributed by atoms with van der Waals surface area (Å²) in [6, 6.07) is 17.5.